The Balaban J connectivity index is 1.27. The Kier molecular flexibility index (Phi) is 8.71. The van der Waals surface area contributed by atoms with Crippen LogP contribution in [-0.2, 0) is 32.0 Å². The fraction of sp³-hybridized carbons (Fsp3) is 0.457. The molecule has 1 fully saturated rings. The SMILES string of the molecule is COC(=O)C[C@@H]1COc2cc(O[C@@H]3CCc4c3ccc(C(F)(F)F)c4-c3c(C)cc(OCC4(O)CCS(=O)(=O)CC4)cc3C)ccc21. The molecule has 0 aromatic heterocycles. The lowest BCUT2D eigenvalue weighted by Crippen LogP contribution is -2.43. The molecule has 0 radical (unpaired) electrons. The number of sulfone groups is 1. The molecule has 0 spiro atoms. The van der Waals surface area contributed by atoms with Crippen molar-refractivity contribution >= 4 is 15.8 Å². The van der Waals surface area contributed by atoms with Crippen molar-refractivity contribution in [2.24, 2.45) is 0 Å². The van der Waals surface area contributed by atoms with E-state index >= 15 is 0 Å². The summed E-state index contributed by atoms with van der Waals surface area (Å²) < 4.78 is 89.9. The molecule has 6 rings (SSSR count). The number of aliphatic hydroxyl groups is 1. The Morgan fingerprint density at radius 2 is 1.68 bits per heavy atom. The lowest BCUT2D eigenvalue weighted by molar-refractivity contribution is -0.141. The van der Waals surface area contributed by atoms with Gasteiger partial charge in [0.25, 0.3) is 0 Å². The minimum atomic E-state index is -4.60. The van der Waals surface area contributed by atoms with E-state index in [0.29, 0.717) is 64.5 Å². The molecule has 0 amide bonds. The number of benzene rings is 3. The Morgan fingerprint density at radius 1 is 1.00 bits per heavy atom. The quantitative estimate of drug-likeness (QED) is 0.273. The molecular weight excluding hydrogens is 637 g/mol. The molecule has 2 aliphatic heterocycles. The van der Waals surface area contributed by atoms with E-state index in [0.717, 1.165) is 11.6 Å². The Morgan fingerprint density at radius 3 is 2.34 bits per heavy atom. The molecule has 0 unspecified atom stereocenters. The van der Waals surface area contributed by atoms with Crippen LogP contribution in [0, 0.1) is 13.8 Å². The first-order valence-corrected chi connectivity index (χ1v) is 17.4. The average Bonchev–Trinajstić information content (AvgIpc) is 3.60. The zero-order chi connectivity index (χ0) is 33.7. The highest BCUT2D eigenvalue weighted by molar-refractivity contribution is 7.91. The van der Waals surface area contributed by atoms with Gasteiger partial charge in [-0.2, -0.15) is 13.2 Å². The number of carbonyl (C=O) groups is 1. The second kappa shape index (κ2) is 12.4. The number of fused-ring (bicyclic) bond motifs is 2. The summed E-state index contributed by atoms with van der Waals surface area (Å²) in [5.41, 5.74) is 1.89. The topological polar surface area (TPSA) is 108 Å². The lowest BCUT2D eigenvalue weighted by atomic mass is 9.86. The molecule has 8 nitrogen and oxygen atoms in total. The van der Waals surface area contributed by atoms with E-state index in [9.17, 15) is 31.5 Å². The normalized spacial score (nSPS) is 21.0. The van der Waals surface area contributed by atoms with Crippen LogP contribution >= 0.6 is 0 Å². The van der Waals surface area contributed by atoms with Gasteiger partial charge < -0.3 is 24.1 Å². The van der Waals surface area contributed by atoms with Crippen molar-refractivity contribution in [1.29, 1.82) is 0 Å². The van der Waals surface area contributed by atoms with Crippen LogP contribution in [-0.4, -0.2) is 56.9 Å². The van der Waals surface area contributed by atoms with Gasteiger partial charge in [0.1, 0.15) is 35.6 Å². The molecule has 2 heterocycles. The van der Waals surface area contributed by atoms with Crippen LogP contribution < -0.4 is 14.2 Å². The molecule has 47 heavy (non-hydrogen) atoms. The number of rotatable bonds is 8. The van der Waals surface area contributed by atoms with E-state index < -0.39 is 33.3 Å². The zero-order valence-electron chi connectivity index (χ0n) is 26.4. The van der Waals surface area contributed by atoms with Gasteiger partial charge in [-0.1, -0.05) is 12.1 Å². The van der Waals surface area contributed by atoms with Gasteiger partial charge >= 0.3 is 12.1 Å². The molecule has 2 atom stereocenters. The third-order valence-electron chi connectivity index (χ3n) is 9.46. The Bertz CT molecular complexity index is 1780. The van der Waals surface area contributed by atoms with Crippen LogP contribution in [0.4, 0.5) is 13.2 Å². The van der Waals surface area contributed by atoms with Gasteiger partial charge in [-0.25, -0.2) is 8.42 Å². The van der Waals surface area contributed by atoms with Crippen LogP contribution in [0.25, 0.3) is 11.1 Å². The molecule has 3 aromatic rings. The first-order valence-electron chi connectivity index (χ1n) is 15.6. The van der Waals surface area contributed by atoms with Gasteiger partial charge in [0.2, 0.25) is 0 Å². The highest BCUT2D eigenvalue weighted by Crippen LogP contribution is 2.49. The predicted molar refractivity (Wildman–Crippen MR) is 168 cm³/mol. The van der Waals surface area contributed by atoms with Gasteiger partial charge in [0, 0.05) is 17.5 Å². The van der Waals surface area contributed by atoms with Crippen LogP contribution in [0.2, 0.25) is 0 Å². The van der Waals surface area contributed by atoms with Crippen LogP contribution in [0.5, 0.6) is 17.2 Å². The summed E-state index contributed by atoms with van der Waals surface area (Å²) in [7, 11) is -1.83. The van der Waals surface area contributed by atoms with E-state index in [1.165, 1.54) is 13.2 Å². The maximum absolute atomic E-state index is 14.5. The van der Waals surface area contributed by atoms with Crippen LogP contribution in [0.3, 0.4) is 0 Å². The number of aryl methyl sites for hydroxylation is 2. The van der Waals surface area contributed by atoms with Gasteiger partial charge in [-0.05, 0) is 97.2 Å². The number of ether oxygens (including phenoxy) is 4. The minimum absolute atomic E-state index is 0.0636. The number of halogens is 3. The molecule has 12 heteroatoms. The maximum atomic E-state index is 14.5. The second-order valence-corrected chi connectivity index (χ2v) is 15.1. The maximum Gasteiger partial charge on any atom is 0.417 e. The molecule has 0 bridgehead atoms. The number of alkyl halides is 3. The summed E-state index contributed by atoms with van der Waals surface area (Å²) in [5.74, 6) is 0.831. The highest BCUT2D eigenvalue weighted by Gasteiger charge is 2.40. The van der Waals surface area contributed by atoms with Crippen molar-refractivity contribution in [3.8, 4) is 28.4 Å². The molecule has 3 aromatic carbocycles. The van der Waals surface area contributed by atoms with E-state index in [2.05, 4.69) is 0 Å². The van der Waals surface area contributed by atoms with E-state index in [-0.39, 0.29) is 54.8 Å². The van der Waals surface area contributed by atoms with Crippen LogP contribution in [0.1, 0.15) is 71.1 Å². The summed E-state index contributed by atoms with van der Waals surface area (Å²) in [4.78, 5) is 11.8. The van der Waals surface area contributed by atoms with E-state index in [1.807, 2.05) is 6.07 Å². The molecule has 1 N–H and O–H groups in total. The third-order valence-corrected chi connectivity index (χ3v) is 11.1. The number of carbonyl (C=O) groups excluding carboxylic acids is 1. The smallest absolute Gasteiger partial charge is 0.417 e. The second-order valence-electron chi connectivity index (χ2n) is 12.8. The highest BCUT2D eigenvalue weighted by atomic mass is 32.2. The Labute approximate surface area is 271 Å². The van der Waals surface area contributed by atoms with Crippen molar-refractivity contribution in [3.05, 3.63) is 75.8 Å². The Hall–Kier alpha value is -3.77. The number of hydrogen-bond donors (Lipinski definition) is 1. The average molecular weight is 675 g/mol. The third kappa shape index (κ3) is 6.80. The monoisotopic (exact) mass is 674 g/mol. The van der Waals surface area contributed by atoms with Gasteiger partial charge in [-0.15, -0.1) is 0 Å². The summed E-state index contributed by atoms with van der Waals surface area (Å²) in [6.07, 6.45) is -3.87. The molecule has 252 valence electrons. The molecular formula is C35H37F3O8S. The summed E-state index contributed by atoms with van der Waals surface area (Å²) in [5, 5.41) is 10.8. The van der Waals surface area contributed by atoms with Crippen molar-refractivity contribution < 1.29 is 50.4 Å². The minimum Gasteiger partial charge on any atom is -0.492 e. The summed E-state index contributed by atoms with van der Waals surface area (Å²) >= 11 is 0. The van der Waals surface area contributed by atoms with Crippen molar-refractivity contribution in [1.82, 2.24) is 0 Å². The largest absolute Gasteiger partial charge is 0.492 e. The van der Waals surface area contributed by atoms with E-state index in [4.69, 9.17) is 18.9 Å². The van der Waals surface area contributed by atoms with E-state index in [1.54, 1.807) is 38.1 Å². The molecule has 3 aliphatic rings. The van der Waals surface area contributed by atoms with Crippen molar-refractivity contribution in [3.63, 3.8) is 0 Å². The lowest BCUT2D eigenvalue weighted by Gasteiger charge is -2.31. The summed E-state index contributed by atoms with van der Waals surface area (Å²) in [6.45, 7) is 3.70. The van der Waals surface area contributed by atoms with Crippen molar-refractivity contribution in [2.45, 2.75) is 69.8 Å². The first kappa shape index (κ1) is 33.1. The standard InChI is InChI=1S/C35H37F3O8S/c1-20-14-24(45-19-34(40)10-12-47(41,42)13-11-34)15-21(2)32(20)33-27-7-9-29(26(27)6-8-28(33)35(36,37)38)46-23-4-5-25-22(16-31(39)43-3)18-44-30(25)17-23/h4-6,8,14-15,17,22,29,40H,7,9-13,16,18-19H2,1-3H3/t22-,29-/m1/s1. The number of hydrogen-bond acceptors (Lipinski definition) is 8. The fourth-order valence-electron chi connectivity index (χ4n) is 6.94. The number of esters is 1. The van der Waals surface area contributed by atoms with Crippen LogP contribution in [0.15, 0.2) is 42.5 Å². The van der Waals surface area contributed by atoms with Gasteiger partial charge in [0.15, 0.2) is 9.84 Å². The molecule has 1 saturated heterocycles. The predicted octanol–water partition coefficient (Wildman–Crippen LogP) is 6.41. The van der Waals surface area contributed by atoms with Gasteiger partial charge in [0.05, 0.1) is 37.2 Å². The van der Waals surface area contributed by atoms with Gasteiger partial charge in [-0.3, -0.25) is 4.79 Å². The van der Waals surface area contributed by atoms with Crippen molar-refractivity contribution in [2.75, 3.05) is 31.8 Å². The molecule has 0 saturated carbocycles. The fourth-order valence-corrected chi connectivity index (χ4v) is 8.53. The molecule has 1 aliphatic carbocycles. The number of methoxy groups -OCH3 is 1. The summed E-state index contributed by atoms with van der Waals surface area (Å²) in [6, 6.07) is 11.3. The zero-order valence-corrected chi connectivity index (χ0v) is 27.2. The first-order chi connectivity index (χ1) is 22.2.